The van der Waals surface area contributed by atoms with E-state index in [2.05, 4.69) is 10.1 Å². The van der Waals surface area contributed by atoms with Crippen LogP contribution in [-0.2, 0) is 16.0 Å². The molecule has 0 aliphatic carbocycles. The number of amides is 1. The number of hydrogen-bond donors (Lipinski definition) is 0. The minimum Gasteiger partial charge on any atom is -0.454 e. The van der Waals surface area contributed by atoms with Crippen LogP contribution in [0.5, 0.6) is 11.5 Å². The van der Waals surface area contributed by atoms with Crippen molar-refractivity contribution < 1.29 is 19.1 Å². The van der Waals surface area contributed by atoms with Crippen molar-refractivity contribution in [2.24, 2.45) is 10.1 Å². The third-order valence-electron chi connectivity index (χ3n) is 4.45. The molecule has 1 aromatic rings. The molecule has 0 atom stereocenters. The highest BCUT2D eigenvalue weighted by atomic mass is 16.7. The van der Waals surface area contributed by atoms with Crippen LogP contribution in [0.15, 0.2) is 22.2 Å². The van der Waals surface area contributed by atoms with Gasteiger partial charge >= 0.3 is 0 Å². The Morgan fingerprint density at radius 3 is 2.79 bits per heavy atom. The number of nitrogens with zero attached hydrogens (tertiary/aromatic N) is 3. The largest absolute Gasteiger partial charge is 0.454 e. The topological polar surface area (TPSA) is 80.6 Å². The molecule has 0 aromatic heterocycles. The molecule has 3 heterocycles. The first-order valence-corrected chi connectivity index (χ1v) is 7.95. The Hall–Kier alpha value is -2.70. The summed E-state index contributed by atoms with van der Waals surface area (Å²) >= 11 is 0. The highest BCUT2D eigenvalue weighted by Crippen LogP contribution is 2.36. The summed E-state index contributed by atoms with van der Waals surface area (Å²) in [6.07, 6.45) is 1.72. The summed E-state index contributed by atoms with van der Waals surface area (Å²) in [5.41, 5.74) is 3.25. The molecule has 24 heavy (non-hydrogen) atoms. The van der Waals surface area contributed by atoms with Crippen LogP contribution in [-0.4, -0.2) is 48.5 Å². The first-order valence-electron chi connectivity index (χ1n) is 7.95. The zero-order valence-corrected chi connectivity index (χ0v) is 13.4. The Balaban J connectivity index is 1.58. The maximum atomic E-state index is 12.6. The van der Waals surface area contributed by atoms with Gasteiger partial charge in [0.25, 0.3) is 0 Å². The molecule has 7 nitrogen and oxygen atoms in total. The molecule has 0 radical (unpaired) electrons. The van der Waals surface area contributed by atoms with Crippen molar-refractivity contribution in [2.45, 2.75) is 25.7 Å². The number of ketones is 1. The molecule has 0 bridgehead atoms. The minimum absolute atomic E-state index is 0.0698. The van der Waals surface area contributed by atoms with Gasteiger partial charge in [-0.15, -0.1) is 0 Å². The molecule has 1 aromatic carbocycles. The number of aliphatic imine (C=N–C) groups is 1. The van der Waals surface area contributed by atoms with Crippen LogP contribution in [0.1, 0.15) is 30.4 Å². The van der Waals surface area contributed by atoms with Crippen molar-refractivity contribution in [2.75, 3.05) is 20.4 Å². The van der Waals surface area contributed by atoms with E-state index in [1.54, 1.807) is 7.05 Å². The number of benzene rings is 1. The van der Waals surface area contributed by atoms with Gasteiger partial charge < -0.3 is 9.47 Å². The summed E-state index contributed by atoms with van der Waals surface area (Å²) in [4.78, 5) is 28.6. The Labute approximate surface area is 138 Å². The number of carbonyl (C=O) groups is 2. The zero-order valence-electron chi connectivity index (χ0n) is 13.4. The van der Waals surface area contributed by atoms with E-state index in [0.717, 1.165) is 29.0 Å². The Bertz CT molecular complexity index is 797. The second-order valence-electron chi connectivity index (χ2n) is 6.01. The molecule has 0 saturated carbocycles. The summed E-state index contributed by atoms with van der Waals surface area (Å²) in [5.74, 6) is 1.28. The van der Waals surface area contributed by atoms with Gasteiger partial charge in [0.15, 0.2) is 17.3 Å². The summed E-state index contributed by atoms with van der Waals surface area (Å²) < 4.78 is 10.8. The minimum atomic E-state index is -0.0846. The molecule has 124 valence electrons. The van der Waals surface area contributed by atoms with Gasteiger partial charge in [-0.25, -0.2) is 5.01 Å². The van der Waals surface area contributed by atoms with Gasteiger partial charge in [-0.3, -0.25) is 14.6 Å². The first-order chi connectivity index (χ1) is 11.6. The number of hydrazone groups is 1. The van der Waals surface area contributed by atoms with Crippen LogP contribution < -0.4 is 9.47 Å². The van der Waals surface area contributed by atoms with Crippen LogP contribution in [0.3, 0.4) is 0 Å². The molecule has 1 amide bonds. The maximum absolute atomic E-state index is 12.6. The van der Waals surface area contributed by atoms with Gasteiger partial charge in [-0.1, -0.05) is 0 Å². The lowest BCUT2D eigenvalue weighted by atomic mass is 9.92. The molecule has 0 fully saturated rings. The monoisotopic (exact) mass is 327 g/mol. The van der Waals surface area contributed by atoms with Gasteiger partial charge in [0.2, 0.25) is 12.7 Å². The molecular weight excluding hydrogens is 310 g/mol. The van der Waals surface area contributed by atoms with E-state index in [-0.39, 0.29) is 24.9 Å². The summed E-state index contributed by atoms with van der Waals surface area (Å²) in [7, 11) is 1.57. The molecule has 0 saturated heterocycles. The number of carbonyl (C=O) groups excluding carboxylic acids is 2. The number of fused-ring (bicyclic) bond motifs is 2. The van der Waals surface area contributed by atoms with Crippen LogP contribution in [0.25, 0.3) is 0 Å². The van der Waals surface area contributed by atoms with Crippen LogP contribution in [0, 0.1) is 0 Å². The molecule has 3 aliphatic rings. The molecule has 0 spiro atoms. The Kier molecular flexibility index (Phi) is 3.55. The van der Waals surface area contributed by atoms with E-state index >= 15 is 0 Å². The van der Waals surface area contributed by atoms with Crippen molar-refractivity contribution in [3.8, 4) is 11.5 Å². The van der Waals surface area contributed by atoms with Crippen molar-refractivity contribution >= 4 is 23.1 Å². The fraction of sp³-hybridized carbons (Fsp3) is 0.412. The van der Waals surface area contributed by atoms with Gasteiger partial charge in [0.1, 0.15) is 5.71 Å². The molecular formula is C17H17N3O4. The predicted molar refractivity (Wildman–Crippen MR) is 86.7 cm³/mol. The van der Waals surface area contributed by atoms with Crippen molar-refractivity contribution in [1.82, 2.24) is 5.01 Å². The van der Waals surface area contributed by atoms with Gasteiger partial charge in [0, 0.05) is 32.0 Å². The van der Waals surface area contributed by atoms with Gasteiger partial charge in [0.05, 0.1) is 12.1 Å². The van der Waals surface area contributed by atoms with E-state index in [1.165, 1.54) is 5.01 Å². The van der Waals surface area contributed by atoms with E-state index in [4.69, 9.17) is 9.47 Å². The lowest BCUT2D eigenvalue weighted by Crippen LogP contribution is -2.32. The van der Waals surface area contributed by atoms with Crippen LogP contribution >= 0.6 is 0 Å². The highest BCUT2D eigenvalue weighted by molar-refractivity contribution is 6.44. The molecule has 7 heteroatoms. The number of ether oxygens (including phenoxy) is 2. The maximum Gasteiger partial charge on any atom is 0.242 e. The fourth-order valence-electron chi connectivity index (χ4n) is 3.13. The normalized spacial score (nSPS) is 18.9. The second-order valence-corrected chi connectivity index (χ2v) is 6.01. The fourth-order valence-corrected chi connectivity index (χ4v) is 3.13. The predicted octanol–water partition coefficient (Wildman–Crippen LogP) is 1.33. The van der Waals surface area contributed by atoms with E-state index in [1.807, 2.05) is 12.1 Å². The highest BCUT2D eigenvalue weighted by Gasteiger charge is 2.26. The third-order valence-corrected chi connectivity index (χ3v) is 4.45. The lowest BCUT2D eigenvalue weighted by Gasteiger charge is -2.20. The zero-order chi connectivity index (χ0) is 16.7. The van der Waals surface area contributed by atoms with Gasteiger partial charge in [-0.05, 0) is 24.1 Å². The SMILES string of the molecule is CN1N=C(C(=O)CC2=NCCc3cc4c(cc32)OCO4)CCC1=O. The molecule has 0 N–H and O–H groups in total. The quantitative estimate of drug-likeness (QED) is 0.839. The number of Topliss-reactive ketones (excluding diaryl/α,β-unsaturated/α-hetero) is 1. The average molecular weight is 327 g/mol. The van der Waals surface area contributed by atoms with Crippen LogP contribution in [0.2, 0.25) is 0 Å². The van der Waals surface area contributed by atoms with Crippen LogP contribution in [0.4, 0.5) is 0 Å². The standard InChI is InChI=1S/C17H17N3O4/c1-20-17(22)3-2-12(19-20)14(21)8-13-11-7-16-15(23-9-24-16)6-10(11)4-5-18-13/h6-7H,2-5,8-9H2,1H3. The third kappa shape index (κ3) is 2.55. The van der Waals surface area contributed by atoms with E-state index in [9.17, 15) is 9.59 Å². The summed E-state index contributed by atoms with van der Waals surface area (Å²) in [6.45, 7) is 0.876. The Morgan fingerprint density at radius 1 is 1.21 bits per heavy atom. The number of hydrogen-bond acceptors (Lipinski definition) is 6. The average Bonchev–Trinajstić information content (AvgIpc) is 3.03. The van der Waals surface area contributed by atoms with Crippen molar-refractivity contribution in [1.29, 1.82) is 0 Å². The number of rotatable bonds is 3. The smallest absolute Gasteiger partial charge is 0.242 e. The first kappa shape index (κ1) is 14.9. The van der Waals surface area contributed by atoms with Crippen molar-refractivity contribution in [3.05, 3.63) is 23.3 Å². The Morgan fingerprint density at radius 2 is 2.00 bits per heavy atom. The molecule has 3 aliphatic heterocycles. The van der Waals surface area contributed by atoms with Crippen molar-refractivity contribution in [3.63, 3.8) is 0 Å². The van der Waals surface area contributed by atoms with Gasteiger partial charge in [-0.2, -0.15) is 5.10 Å². The second kappa shape index (κ2) is 5.74. The summed E-state index contributed by atoms with van der Waals surface area (Å²) in [6, 6.07) is 3.88. The summed E-state index contributed by atoms with van der Waals surface area (Å²) in [5, 5.41) is 5.34. The molecule has 4 rings (SSSR count). The van der Waals surface area contributed by atoms with E-state index < -0.39 is 0 Å². The lowest BCUT2D eigenvalue weighted by molar-refractivity contribution is -0.130. The molecule has 0 unspecified atom stereocenters. The van der Waals surface area contributed by atoms with E-state index in [0.29, 0.717) is 30.8 Å².